The molecule has 0 aliphatic carbocycles. The highest BCUT2D eigenvalue weighted by Crippen LogP contribution is 2.31. The van der Waals surface area contributed by atoms with Crippen LogP contribution in [0.25, 0.3) is 0 Å². The number of furan rings is 1. The predicted molar refractivity (Wildman–Crippen MR) is 65.8 cm³/mol. The zero-order valence-electron chi connectivity index (χ0n) is 10.3. The van der Waals surface area contributed by atoms with Gasteiger partial charge >= 0.3 is 0 Å². The van der Waals surface area contributed by atoms with E-state index in [9.17, 15) is 0 Å². The number of rotatable bonds is 6. The van der Waals surface area contributed by atoms with Gasteiger partial charge in [0.2, 0.25) is 5.75 Å². The molecule has 18 heavy (non-hydrogen) atoms. The van der Waals surface area contributed by atoms with Crippen molar-refractivity contribution in [1.82, 2.24) is 9.97 Å². The molecule has 0 saturated carbocycles. The van der Waals surface area contributed by atoms with Crippen molar-refractivity contribution in [1.29, 1.82) is 0 Å². The van der Waals surface area contributed by atoms with E-state index in [2.05, 4.69) is 15.3 Å². The average molecular weight is 249 g/mol. The van der Waals surface area contributed by atoms with Crippen LogP contribution < -0.4 is 14.8 Å². The van der Waals surface area contributed by atoms with Crippen molar-refractivity contribution in [3.63, 3.8) is 0 Å². The van der Waals surface area contributed by atoms with Gasteiger partial charge in [0, 0.05) is 6.54 Å². The number of ether oxygens (including phenoxy) is 2. The van der Waals surface area contributed by atoms with Crippen LogP contribution in [0.4, 0.5) is 5.82 Å². The Morgan fingerprint density at radius 1 is 1.39 bits per heavy atom. The third-order valence-electron chi connectivity index (χ3n) is 2.25. The van der Waals surface area contributed by atoms with Crippen molar-refractivity contribution in [2.75, 3.05) is 19.0 Å². The largest absolute Gasteiger partial charge is 0.489 e. The Hall–Kier alpha value is -2.24. The zero-order chi connectivity index (χ0) is 12.8. The molecule has 2 aromatic heterocycles. The lowest BCUT2D eigenvalue weighted by Gasteiger charge is -2.12. The van der Waals surface area contributed by atoms with E-state index >= 15 is 0 Å². The van der Waals surface area contributed by atoms with E-state index in [4.69, 9.17) is 13.9 Å². The Morgan fingerprint density at radius 3 is 2.94 bits per heavy atom. The highest BCUT2D eigenvalue weighted by Gasteiger charge is 2.13. The van der Waals surface area contributed by atoms with Gasteiger partial charge in [0.15, 0.2) is 5.82 Å². The number of nitrogens with one attached hydrogen (secondary N) is 1. The number of methoxy groups -OCH3 is 1. The molecule has 0 saturated heterocycles. The molecule has 96 valence electrons. The van der Waals surface area contributed by atoms with E-state index in [1.807, 2.05) is 13.0 Å². The predicted octanol–water partition coefficient (Wildman–Crippen LogP) is 2.09. The van der Waals surface area contributed by atoms with Crippen molar-refractivity contribution in [2.24, 2.45) is 0 Å². The summed E-state index contributed by atoms with van der Waals surface area (Å²) in [6.45, 7) is 3.02. The molecule has 2 rings (SSSR count). The van der Waals surface area contributed by atoms with Gasteiger partial charge in [-0.1, -0.05) is 0 Å². The summed E-state index contributed by atoms with van der Waals surface area (Å²) >= 11 is 0. The first-order valence-electron chi connectivity index (χ1n) is 5.63. The minimum Gasteiger partial charge on any atom is -0.489 e. The maximum atomic E-state index is 5.55. The molecule has 0 fully saturated rings. The Morgan fingerprint density at radius 2 is 2.28 bits per heavy atom. The third kappa shape index (κ3) is 2.71. The Kier molecular flexibility index (Phi) is 4.01. The Labute approximate surface area is 105 Å². The fourth-order valence-electron chi connectivity index (χ4n) is 1.47. The van der Waals surface area contributed by atoms with Gasteiger partial charge in [-0.2, -0.15) is 4.98 Å². The molecule has 0 bridgehead atoms. The highest BCUT2D eigenvalue weighted by molar-refractivity contribution is 5.54. The van der Waals surface area contributed by atoms with E-state index in [0.717, 1.165) is 12.3 Å². The molecule has 0 radical (unpaired) electrons. The zero-order valence-corrected chi connectivity index (χ0v) is 10.3. The molecule has 2 heterocycles. The number of anilines is 1. The van der Waals surface area contributed by atoms with Crippen LogP contribution >= 0.6 is 0 Å². The van der Waals surface area contributed by atoms with Crippen molar-refractivity contribution >= 4 is 5.82 Å². The van der Waals surface area contributed by atoms with Crippen LogP contribution in [-0.4, -0.2) is 23.6 Å². The lowest BCUT2D eigenvalue weighted by atomic mass is 10.4. The molecule has 2 aromatic rings. The molecular weight excluding hydrogens is 234 g/mol. The van der Waals surface area contributed by atoms with E-state index < -0.39 is 0 Å². The number of hydrogen-bond acceptors (Lipinski definition) is 6. The average Bonchev–Trinajstić information content (AvgIpc) is 2.90. The van der Waals surface area contributed by atoms with Gasteiger partial charge in [0.05, 0.1) is 13.4 Å². The normalized spacial score (nSPS) is 10.1. The fraction of sp³-hybridized carbons (Fsp3) is 0.333. The van der Waals surface area contributed by atoms with Crippen LogP contribution in [0, 0.1) is 0 Å². The summed E-state index contributed by atoms with van der Waals surface area (Å²) in [7, 11) is 1.55. The molecule has 0 spiro atoms. The van der Waals surface area contributed by atoms with Crippen LogP contribution in [-0.2, 0) is 6.61 Å². The maximum absolute atomic E-state index is 5.55. The molecule has 1 N–H and O–H groups in total. The van der Waals surface area contributed by atoms with Gasteiger partial charge in [-0.25, -0.2) is 4.98 Å². The number of aromatic nitrogens is 2. The van der Waals surface area contributed by atoms with Gasteiger partial charge in [-0.05, 0) is 19.1 Å². The first-order chi connectivity index (χ1) is 8.85. The van der Waals surface area contributed by atoms with Crippen molar-refractivity contribution < 1.29 is 13.9 Å². The summed E-state index contributed by atoms with van der Waals surface area (Å²) in [4.78, 5) is 8.15. The summed E-state index contributed by atoms with van der Waals surface area (Å²) in [5, 5.41) is 3.08. The topological polar surface area (TPSA) is 69.4 Å². The Bertz CT molecular complexity index is 485. The minimum atomic E-state index is 0.298. The van der Waals surface area contributed by atoms with Gasteiger partial charge < -0.3 is 19.2 Å². The quantitative estimate of drug-likeness (QED) is 0.845. The second kappa shape index (κ2) is 5.90. The molecular formula is C12H15N3O3. The van der Waals surface area contributed by atoms with Crippen LogP contribution in [0.3, 0.4) is 0 Å². The fourth-order valence-corrected chi connectivity index (χ4v) is 1.47. The number of hydrogen-bond donors (Lipinski definition) is 1. The van der Waals surface area contributed by atoms with E-state index in [-0.39, 0.29) is 0 Å². The molecule has 0 aromatic carbocycles. The first kappa shape index (κ1) is 12.2. The smallest absolute Gasteiger partial charge is 0.262 e. The van der Waals surface area contributed by atoms with Gasteiger partial charge in [-0.15, -0.1) is 0 Å². The lowest BCUT2D eigenvalue weighted by Crippen LogP contribution is -2.05. The van der Waals surface area contributed by atoms with Crippen LogP contribution in [0.5, 0.6) is 11.6 Å². The first-order valence-corrected chi connectivity index (χ1v) is 5.63. The number of nitrogens with zero attached hydrogens (tertiary/aromatic N) is 2. The minimum absolute atomic E-state index is 0.298. The van der Waals surface area contributed by atoms with Gasteiger partial charge in [0.1, 0.15) is 18.7 Å². The van der Waals surface area contributed by atoms with Gasteiger partial charge in [-0.3, -0.25) is 0 Å². The monoisotopic (exact) mass is 249 g/mol. The highest BCUT2D eigenvalue weighted by atomic mass is 16.5. The summed E-state index contributed by atoms with van der Waals surface area (Å²) in [6, 6.07) is 3.64. The molecule has 0 atom stereocenters. The summed E-state index contributed by atoms with van der Waals surface area (Å²) in [5.74, 6) is 2.22. The summed E-state index contributed by atoms with van der Waals surface area (Å²) in [5.41, 5.74) is 0. The molecule has 6 nitrogen and oxygen atoms in total. The third-order valence-corrected chi connectivity index (χ3v) is 2.25. The van der Waals surface area contributed by atoms with E-state index in [0.29, 0.717) is 24.1 Å². The van der Waals surface area contributed by atoms with E-state index in [1.54, 1.807) is 19.4 Å². The molecule has 0 aliphatic heterocycles. The van der Waals surface area contributed by atoms with Crippen molar-refractivity contribution in [2.45, 2.75) is 13.5 Å². The van der Waals surface area contributed by atoms with Crippen LogP contribution in [0.1, 0.15) is 12.7 Å². The lowest BCUT2D eigenvalue weighted by molar-refractivity contribution is 0.245. The summed E-state index contributed by atoms with van der Waals surface area (Å²) in [6.07, 6.45) is 3.03. The second-order valence-corrected chi connectivity index (χ2v) is 3.46. The van der Waals surface area contributed by atoms with Crippen LogP contribution in [0.15, 0.2) is 29.1 Å². The molecule has 0 amide bonds. The van der Waals surface area contributed by atoms with Crippen molar-refractivity contribution in [3.8, 4) is 11.6 Å². The second-order valence-electron chi connectivity index (χ2n) is 3.46. The van der Waals surface area contributed by atoms with Crippen molar-refractivity contribution in [3.05, 3.63) is 30.5 Å². The van der Waals surface area contributed by atoms with E-state index in [1.165, 1.54) is 6.33 Å². The molecule has 0 aliphatic rings. The Balaban J connectivity index is 2.13. The molecule has 6 heteroatoms. The maximum Gasteiger partial charge on any atom is 0.262 e. The SMILES string of the molecule is CCNc1ncnc(OCc2ccco2)c1OC. The molecule has 0 unspecified atom stereocenters. The summed E-state index contributed by atoms with van der Waals surface area (Å²) < 4.78 is 16.0. The van der Waals surface area contributed by atoms with Gasteiger partial charge in [0.25, 0.3) is 5.88 Å². The standard InChI is InChI=1S/C12H15N3O3/c1-3-13-11-10(16-2)12(15-8-14-11)18-7-9-5-4-6-17-9/h4-6,8H,3,7H2,1-2H3,(H,13,14,15). The van der Waals surface area contributed by atoms with Crippen LogP contribution in [0.2, 0.25) is 0 Å².